The van der Waals surface area contributed by atoms with Gasteiger partial charge in [-0.25, -0.2) is 4.79 Å². The maximum atomic E-state index is 11.7. The topological polar surface area (TPSA) is 86.7 Å². The van der Waals surface area contributed by atoms with Gasteiger partial charge in [0, 0.05) is 41.9 Å². The molecule has 2 amide bonds. The van der Waals surface area contributed by atoms with E-state index >= 15 is 0 Å². The normalized spacial score (nSPS) is 25.6. The fourth-order valence-electron chi connectivity index (χ4n) is 1.96. The summed E-state index contributed by atoms with van der Waals surface area (Å²) in [5.74, 6) is -0.931. The number of urea groups is 1. The molecule has 6 nitrogen and oxygen atoms in total. The fourth-order valence-corrected chi connectivity index (χ4v) is 2.35. The van der Waals surface area contributed by atoms with E-state index in [0.29, 0.717) is 25.3 Å². The zero-order valence-corrected chi connectivity index (χ0v) is 10.8. The lowest BCUT2D eigenvalue weighted by molar-refractivity contribution is -0.142. The lowest BCUT2D eigenvalue weighted by Gasteiger charge is -2.23. The molecule has 3 unspecified atom stereocenters. The molecule has 3 atom stereocenters. The molecular formula is C10H18N2O4S. The van der Waals surface area contributed by atoms with E-state index in [4.69, 9.17) is 5.11 Å². The van der Waals surface area contributed by atoms with Gasteiger partial charge in [0.2, 0.25) is 0 Å². The highest BCUT2D eigenvalue weighted by Gasteiger charge is 2.37. The highest BCUT2D eigenvalue weighted by Crippen LogP contribution is 2.23. The van der Waals surface area contributed by atoms with Gasteiger partial charge in [0.1, 0.15) is 0 Å². The lowest BCUT2D eigenvalue weighted by Crippen LogP contribution is -2.44. The minimum Gasteiger partial charge on any atom is -0.481 e. The van der Waals surface area contributed by atoms with Gasteiger partial charge in [-0.3, -0.25) is 9.00 Å². The van der Waals surface area contributed by atoms with Crippen molar-refractivity contribution in [1.29, 1.82) is 0 Å². The van der Waals surface area contributed by atoms with Crippen molar-refractivity contribution < 1.29 is 18.9 Å². The van der Waals surface area contributed by atoms with E-state index in [0.717, 1.165) is 0 Å². The molecule has 98 valence electrons. The van der Waals surface area contributed by atoms with E-state index in [1.807, 2.05) is 0 Å². The standard InChI is InChI=1S/C10H18N2O4S/c1-7-8(9(13)14)3-5-12(7)10(15)11-4-6-17(2)16/h7-8H,3-6H2,1-2H3,(H,11,15)(H,13,14). The summed E-state index contributed by atoms with van der Waals surface area (Å²) in [5.41, 5.74) is 0. The fraction of sp³-hybridized carbons (Fsp3) is 0.800. The number of carbonyl (C=O) groups excluding carboxylic acids is 1. The third-order valence-electron chi connectivity index (χ3n) is 3.00. The quantitative estimate of drug-likeness (QED) is 0.739. The molecule has 1 rings (SSSR count). The Morgan fingerprint density at radius 2 is 2.18 bits per heavy atom. The Labute approximate surface area is 103 Å². The molecule has 1 fully saturated rings. The summed E-state index contributed by atoms with van der Waals surface area (Å²) in [7, 11) is -0.934. The third-order valence-corrected chi connectivity index (χ3v) is 3.78. The second-order valence-corrected chi connectivity index (χ2v) is 5.73. The first-order chi connectivity index (χ1) is 7.93. The van der Waals surface area contributed by atoms with E-state index in [-0.39, 0.29) is 12.1 Å². The molecule has 2 N–H and O–H groups in total. The minimum atomic E-state index is -0.934. The van der Waals surface area contributed by atoms with E-state index in [1.165, 1.54) is 4.90 Å². The molecule has 0 spiro atoms. The van der Waals surface area contributed by atoms with E-state index in [1.54, 1.807) is 13.2 Å². The van der Waals surface area contributed by atoms with Crippen LogP contribution in [-0.4, -0.2) is 57.4 Å². The molecule has 0 aromatic rings. The number of hydrogen-bond donors (Lipinski definition) is 2. The largest absolute Gasteiger partial charge is 0.481 e. The van der Waals surface area contributed by atoms with Crippen molar-refractivity contribution >= 4 is 22.8 Å². The Morgan fingerprint density at radius 3 is 2.65 bits per heavy atom. The van der Waals surface area contributed by atoms with Gasteiger partial charge >= 0.3 is 12.0 Å². The Bertz CT molecular complexity index is 334. The van der Waals surface area contributed by atoms with Crippen molar-refractivity contribution in [2.24, 2.45) is 5.92 Å². The van der Waals surface area contributed by atoms with Crippen LogP contribution in [0, 0.1) is 5.92 Å². The predicted molar refractivity (Wildman–Crippen MR) is 64.2 cm³/mol. The van der Waals surface area contributed by atoms with Gasteiger partial charge in [0.05, 0.1) is 5.92 Å². The van der Waals surface area contributed by atoms with Crippen LogP contribution in [0.5, 0.6) is 0 Å². The molecule has 0 aliphatic carbocycles. The van der Waals surface area contributed by atoms with Gasteiger partial charge in [-0.05, 0) is 13.3 Å². The molecule has 0 aromatic carbocycles. The SMILES string of the molecule is CC1C(C(=O)O)CCN1C(=O)NCCS(C)=O. The van der Waals surface area contributed by atoms with Gasteiger partial charge in [-0.1, -0.05) is 0 Å². The second-order valence-electron chi connectivity index (χ2n) is 4.18. The number of nitrogens with zero attached hydrogens (tertiary/aromatic N) is 1. The summed E-state index contributed by atoms with van der Waals surface area (Å²) in [4.78, 5) is 24.1. The van der Waals surface area contributed by atoms with Crippen molar-refractivity contribution in [1.82, 2.24) is 10.2 Å². The first kappa shape index (κ1) is 14.0. The number of amides is 2. The number of carbonyl (C=O) groups is 2. The monoisotopic (exact) mass is 262 g/mol. The van der Waals surface area contributed by atoms with Crippen LogP contribution in [0.4, 0.5) is 4.79 Å². The number of nitrogens with one attached hydrogen (secondary N) is 1. The van der Waals surface area contributed by atoms with Crippen molar-refractivity contribution in [3.63, 3.8) is 0 Å². The number of carboxylic acid groups (broad SMARTS) is 1. The first-order valence-electron chi connectivity index (χ1n) is 5.50. The first-order valence-corrected chi connectivity index (χ1v) is 7.23. The molecule has 7 heteroatoms. The van der Waals surface area contributed by atoms with Crippen LogP contribution in [-0.2, 0) is 15.6 Å². The van der Waals surface area contributed by atoms with Gasteiger partial charge in [0.15, 0.2) is 0 Å². The third kappa shape index (κ3) is 3.69. The van der Waals surface area contributed by atoms with Crippen LogP contribution in [0.2, 0.25) is 0 Å². The zero-order chi connectivity index (χ0) is 13.0. The molecule has 0 aromatic heterocycles. The molecule has 0 saturated carbocycles. The maximum Gasteiger partial charge on any atom is 0.317 e. The Balaban J connectivity index is 2.43. The molecular weight excluding hydrogens is 244 g/mol. The summed E-state index contributed by atoms with van der Waals surface area (Å²) in [6, 6.07) is -0.564. The molecule has 1 aliphatic rings. The number of carboxylic acids is 1. The van der Waals surface area contributed by atoms with Crippen LogP contribution in [0.3, 0.4) is 0 Å². The average Bonchev–Trinajstić information content (AvgIpc) is 2.59. The van der Waals surface area contributed by atoms with Gasteiger partial charge in [0.25, 0.3) is 0 Å². The number of aliphatic carboxylic acids is 1. The summed E-state index contributed by atoms with van der Waals surface area (Å²) >= 11 is 0. The minimum absolute atomic E-state index is 0.272. The maximum absolute atomic E-state index is 11.7. The predicted octanol–water partition coefficient (Wildman–Crippen LogP) is -0.130. The molecule has 1 heterocycles. The summed E-state index contributed by atoms with van der Waals surface area (Å²) < 4.78 is 10.8. The Hall–Kier alpha value is -1.11. The second kappa shape index (κ2) is 6.00. The highest BCUT2D eigenvalue weighted by atomic mass is 32.2. The molecule has 0 radical (unpaired) electrons. The van der Waals surface area contributed by atoms with Crippen molar-refractivity contribution in [2.75, 3.05) is 25.1 Å². The van der Waals surface area contributed by atoms with Crippen molar-refractivity contribution in [3.05, 3.63) is 0 Å². The number of rotatable bonds is 4. The van der Waals surface area contributed by atoms with Gasteiger partial charge in [-0.2, -0.15) is 0 Å². The van der Waals surface area contributed by atoms with Crippen molar-refractivity contribution in [2.45, 2.75) is 19.4 Å². The Morgan fingerprint density at radius 1 is 1.53 bits per heavy atom. The summed E-state index contributed by atoms with van der Waals surface area (Å²) in [6.45, 7) is 2.55. The number of hydrogen-bond acceptors (Lipinski definition) is 3. The van der Waals surface area contributed by atoms with E-state index in [2.05, 4.69) is 5.32 Å². The molecule has 1 aliphatic heterocycles. The average molecular weight is 262 g/mol. The van der Waals surface area contributed by atoms with E-state index in [9.17, 15) is 13.8 Å². The molecule has 0 bridgehead atoms. The van der Waals surface area contributed by atoms with E-state index < -0.39 is 22.7 Å². The van der Waals surface area contributed by atoms with Crippen LogP contribution >= 0.6 is 0 Å². The van der Waals surface area contributed by atoms with Crippen LogP contribution in [0.25, 0.3) is 0 Å². The lowest BCUT2D eigenvalue weighted by atomic mass is 10.0. The molecule has 1 saturated heterocycles. The molecule has 17 heavy (non-hydrogen) atoms. The van der Waals surface area contributed by atoms with Gasteiger partial charge < -0.3 is 15.3 Å². The van der Waals surface area contributed by atoms with Crippen LogP contribution < -0.4 is 5.32 Å². The summed E-state index contributed by atoms with van der Waals surface area (Å²) in [5, 5.41) is 11.6. The van der Waals surface area contributed by atoms with Crippen LogP contribution in [0.15, 0.2) is 0 Å². The smallest absolute Gasteiger partial charge is 0.317 e. The van der Waals surface area contributed by atoms with Gasteiger partial charge in [-0.15, -0.1) is 0 Å². The Kier molecular flexibility index (Phi) is 4.92. The van der Waals surface area contributed by atoms with Crippen LogP contribution in [0.1, 0.15) is 13.3 Å². The highest BCUT2D eigenvalue weighted by molar-refractivity contribution is 7.84. The zero-order valence-electron chi connectivity index (χ0n) is 10.0. The van der Waals surface area contributed by atoms with Crippen molar-refractivity contribution in [3.8, 4) is 0 Å². The number of likely N-dealkylation sites (tertiary alicyclic amines) is 1. The summed E-state index contributed by atoms with van der Waals surface area (Å²) in [6.07, 6.45) is 2.06.